The summed E-state index contributed by atoms with van der Waals surface area (Å²) in [4.78, 5) is 9.17. The minimum atomic E-state index is 0.717. The van der Waals surface area contributed by atoms with Crippen LogP contribution in [0.5, 0.6) is 0 Å². The molecule has 1 saturated heterocycles. The fourth-order valence-corrected chi connectivity index (χ4v) is 3.86. The summed E-state index contributed by atoms with van der Waals surface area (Å²) >= 11 is 5.72. The van der Waals surface area contributed by atoms with Crippen LogP contribution in [0.2, 0.25) is 0 Å². The van der Waals surface area contributed by atoms with Gasteiger partial charge in [0.2, 0.25) is 4.77 Å². The maximum atomic E-state index is 5.72. The van der Waals surface area contributed by atoms with Crippen LogP contribution in [0.1, 0.15) is 11.4 Å². The number of anilines is 1. The van der Waals surface area contributed by atoms with E-state index in [9.17, 15) is 0 Å². The standard InChI is InChI=1S/C20H24N6S/c1-16-6-5-7-18(14-16)26-17(2)22-25(20(26)27)15-23-10-12-24(13-11-23)19-8-3-4-9-21-19/h3-9,14H,10-13,15H2,1-2H3. The van der Waals surface area contributed by atoms with Gasteiger partial charge in [-0.25, -0.2) is 9.67 Å². The average molecular weight is 381 g/mol. The van der Waals surface area contributed by atoms with E-state index < -0.39 is 0 Å². The molecule has 2 aromatic heterocycles. The third-order valence-corrected chi connectivity index (χ3v) is 5.33. The first-order chi connectivity index (χ1) is 13.1. The Hall–Kier alpha value is -2.51. The van der Waals surface area contributed by atoms with Gasteiger partial charge < -0.3 is 4.90 Å². The highest BCUT2D eigenvalue weighted by Crippen LogP contribution is 2.16. The van der Waals surface area contributed by atoms with Crippen molar-refractivity contribution in [1.29, 1.82) is 0 Å². The highest BCUT2D eigenvalue weighted by molar-refractivity contribution is 7.71. The number of aromatic nitrogens is 4. The number of rotatable bonds is 4. The van der Waals surface area contributed by atoms with Gasteiger partial charge in [0.05, 0.1) is 6.67 Å². The van der Waals surface area contributed by atoms with E-state index in [-0.39, 0.29) is 0 Å². The number of pyridine rings is 1. The molecule has 1 aliphatic rings. The van der Waals surface area contributed by atoms with Gasteiger partial charge in [-0.15, -0.1) is 0 Å². The lowest BCUT2D eigenvalue weighted by Crippen LogP contribution is -2.47. The summed E-state index contributed by atoms with van der Waals surface area (Å²) in [5, 5.41) is 4.70. The van der Waals surface area contributed by atoms with Gasteiger partial charge >= 0.3 is 0 Å². The van der Waals surface area contributed by atoms with Gasteiger partial charge in [-0.1, -0.05) is 18.2 Å². The number of piperazine rings is 1. The van der Waals surface area contributed by atoms with Gasteiger partial charge in [0, 0.05) is 38.1 Å². The first-order valence-corrected chi connectivity index (χ1v) is 9.64. The Labute approximate surface area is 164 Å². The van der Waals surface area contributed by atoms with Crippen LogP contribution in [-0.4, -0.2) is 50.4 Å². The molecule has 6 nitrogen and oxygen atoms in total. The summed E-state index contributed by atoms with van der Waals surface area (Å²) < 4.78 is 4.72. The number of benzene rings is 1. The Bertz CT molecular complexity index is 970. The van der Waals surface area contributed by atoms with E-state index in [0.717, 1.165) is 48.3 Å². The Balaban J connectivity index is 1.47. The fraction of sp³-hybridized carbons (Fsp3) is 0.350. The van der Waals surface area contributed by atoms with E-state index in [1.807, 2.05) is 34.5 Å². The van der Waals surface area contributed by atoms with Crippen LogP contribution in [0.25, 0.3) is 5.69 Å². The average Bonchev–Trinajstić information content (AvgIpc) is 2.96. The summed E-state index contributed by atoms with van der Waals surface area (Å²) in [6.45, 7) is 8.67. The van der Waals surface area contributed by atoms with Crippen molar-refractivity contribution in [3.63, 3.8) is 0 Å². The third kappa shape index (κ3) is 3.79. The molecular weight excluding hydrogens is 356 g/mol. The second-order valence-corrected chi connectivity index (χ2v) is 7.30. The molecule has 3 heterocycles. The second-order valence-electron chi connectivity index (χ2n) is 6.94. The van der Waals surface area contributed by atoms with Crippen molar-refractivity contribution in [2.75, 3.05) is 31.1 Å². The van der Waals surface area contributed by atoms with E-state index in [0.29, 0.717) is 6.67 Å². The van der Waals surface area contributed by atoms with Crippen LogP contribution in [-0.2, 0) is 6.67 Å². The molecule has 0 amide bonds. The highest BCUT2D eigenvalue weighted by atomic mass is 32.1. The van der Waals surface area contributed by atoms with Gasteiger partial charge in [-0.3, -0.25) is 9.47 Å². The van der Waals surface area contributed by atoms with Crippen molar-refractivity contribution in [3.8, 4) is 5.69 Å². The molecule has 0 saturated carbocycles. The Kier molecular flexibility index (Phi) is 5.05. The van der Waals surface area contributed by atoms with Gasteiger partial charge in [0.25, 0.3) is 0 Å². The molecule has 0 aliphatic carbocycles. The van der Waals surface area contributed by atoms with Crippen molar-refractivity contribution >= 4 is 18.0 Å². The monoisotopic (exact) mass is 380 g/mol. The predicted molar refractivity (Wildman–Crippen MR) is 110 cm³/mol. The number of hydrogen-bond donors (Lipinski definition) is 0. The van der Waals surface area contributed by atoms with Crippen molar-refractivity contribution in [3.05, 3.63) is 64.8 Å². The summed E-state index contributed by atoms with van der Waals surface area (Å²) in [7, 11) is 0. The summed E-state index contributed by atoms with van der Waals surface area (Å²) in [5.74, 6) is 1.96. The van der Waals surface area contributed by atoms with E-state index >= 15 is 0 Å². The highest BCUT2D eigenvalue weighted by Gasteiger charge is 2.19. The molecule has 0 N–H and O–H groups in total. The van der Waals surface area contributed by atoms with Crippen LogP contribution < -0.4 is 4.90 Å². The van der Waals surface area contributed by atoms with Crippen LogP contribution in [0.4, 0.5) is 5.82 Å². The third-order valence-electron chi connectivity index (χ3n) is 4.94. The zero-order valence-corrected chi connectivity index (χ0v) is 16.6. The summed E-state index contributed by atoms with van der Waals surface area (Å²) in [6, 6.07) is 14.4. The SMILES string of the molecule is Cc1cccc(-n2c(C)nn(CN3CCN(c4ccccn4)CC3)c2=S)c1. The van der Waals surface area contributed by atoms with Gasteiger partial charge in [-0.2, -0.15) is 5.10 Å². The Morgan fingerprint density at radius 3 is 2.52 bits per heavy atom. The molecule has 0 unspecified atom stereocenters. The van der Waals surface area contributed by atoms with Crippen LogP contribution in [0.15, 0.2) is 48.7 Å². The lowest BCUT2D eigenvalue weighted by molar-refractivity contribution is 0.194. The normalized spacial score (nSPS) is 15.3. The van der Waals surface area contributed by atoms with E-state index in [1.54, 1.807) is 0 Å². The lowest BCUT2D eigenvalue weighted by atomic mass is 10.2. The minimum Gasteiger partial charge on any atom is -0.354 e. The topological polar surface area (TPSA) is 42.1 Å². The van der Waals surface area contributed by atoms with Crippen molar-refractivity contribution in [1.82, 2.24) is 24.2 Å². The van der Waals surface area contributed by atoms with Crippen molar-refractivity contribution in [2.24, 2.45) is 0 Å². The molecule has 27 heavy (non-hydrogen) atoms. The number of nitrogens with zero attached hydrogens (tertiary/aromatic N) is 6. The number of aryl methyl sites for hydroxylation is 2. The minimum absolute atomic E-state index is 0.717. The second kappa shape index (κ2) is 7.62. The predicted octanol–water partition coefficient (Wildman–Crippen LogP) is 3.19. The summed E-state index contributed by atoms with van der Waals surface area (Å²) in [5.41, 5.74) is 2.29. The van der Waals surface area contributed by atoms with E-state index in [4.69, 9.17) is 17.3 Å². The van der Waals surface area contributed by atoms with Crippen LogP contribution >= 0.6 is 12.2 Å². The largest absolute Gasteiger partial charge is 0.354 e. The molecule has 0 radical (unpaired) electrons. The molecule has 1 aromatic carbocycles. The number of hydrogen-bond acceptors (Lipinski definition) is 5. The molecule has 1 fully saturated rings. The molecular formula is C20H24N6S. The maximum Gasteiger partial charge on any atom is 0.203 e. The zero-order valence-electron chi connectivity index (χ0n) is 15.7. The smallest absolute Gasteiger partial charge is 0.203 e. The molecule has 7 heteroatoms. The quantitative estimate of drug-likeness (QED) is 0.650. The first kappa shape index (κ1) is 17.9. The zero-order chi connectivity index (χ0) is 18.8. The van der Waals surface area contributed by atoms with Crippen molar-refractivity contribution < 1.29 is 0 Å². The molecule has 140 valence electrons. The lowest BCUT2D eigenvalue weighted by Gasteiger charge is -2.35. The molecule has 1 aliphatic heterocycles. The maximum absolute atomic E-state index is 5.72. The molecule has 3 aromatic rings. The Morgan fingerprint density at radius 1 is 1.00 bits per heavy atom. The van der Waals surface area contributed by atoms with Gasteiger partial charge in [0.1, 0.15) is 11.6 Å². The van der Waals surface area contributed by atoms with Gasteiger partial charge in [0.15, 0.2) is 0 Å². The van der Waals surface area contributed by atoms with E-state index in [1.165, 1.54) is 5.56 Å². The van der Waals surface area contributed by atoms with Crippen LogP contribution in [0, 0.1) is 18.6 Å². The first-order valence-electron chi connectivity index (χ1n) is 9.23. The molecule has 4 rings (SSSR count). The molecule has 0 spiro atoms. The Morgan fingerprint density at radius 2 is 1.81 bits per heavy atom. The van der Waals surface area contributed by atoms with E-state index in [2.05, 4.69) is 52.0 Å². The van der Waals surface area contributed by atoms with Crippen molar-refractivity contribution in [2.45, 2.75) is 20.5 Å². The fourth-order valence-electron chi connectivity index (χ4n) is 3.52. The van der Waals surface area contributed by atoms with Gasteiger partial charge in [-0.05, 0) is 55.9 Å². The summed E-state index contributed by atoms with van der Waals surface area (Å²) in [6.07, 6.45) is 1.85. The molecule has 0 atom stereocenters. The molecule has 0 bridgehead atoms. The van der Waals surface area contributed by atoms with Crippen LogP contribution in [0.3, 0.4) is 0 Å².